The van der Waals surface area contributed by atoms with Crippen molar-refractivity contribution in [2.24, 2.45) is 5.92 Å². The fourth-order valence-electron chi connectivity index (χ4n) is 6.77. The number of aliphatic hydroxyl groups is 2. The van der Waals surface area contributed by atoms with Crippen molar-refractivity contribution in [3.05, 3.63) is 77.4 Å². The highest BCUT2D eigenvalue weighted by Gasteiger charge is 2.77. The van der Waals surface area contributed by atoms with Crippen molar-refractivity contribution in [2.45, 2.75) is 23.2 Å². The molecule has 1 saturated heterocycles. The van der Waals surface area contributed by atoms with E-state index in [4.69, 9.17) is 14.2 Å². The Kier molecular flexibility index (Phi) is 6.05. The lowest BCUT2D eigenvalue weighted by Crippen LogP contribution is -2.52. The molecule has 0 amide bonds. The van der Waals surface area contributed by atoms with Crippen LogP contribution in [0.2, 0.25) is 0 Å². The van der Waals surface area contributed by atoms with E-state index in [0.717, 1.165) is 11.3 Å². The molecule has 2 aliphatic heterocycles. The summed E-state index contributed by atoms with van der Waals surface area (Å²) in [5.74, 6) is 0.117. The van der Waals surface area contributed by atoms with Crippen molar-refractivity contribution in [3.8, 4) is 17.5 Å². The number of aromatic nitrogens is 1. The van der Waals surface area contributed by atoms with Gasteiger partial charge in [0.2, 0.25) is 11.8 Å². The first-order valence-corrected chi connectivity index (χ1v) is 13.0. The van der Waals surface area contributed by atoms with Crippen LogP contribution in [0.3, 0.4) is 0 Å². The van der Waals surface area contributed by atoms with E-state index >= 15 is 0 Å². The summed E-state index contributed by atoms with van der Waals surface area (Å²) in [6.07, 6.45) is -1.22. The number of rotatable bonds is 7. The molecule has 1 aromatic heterocycles. The van der Waals surface area contributed by atoms with Gasteiger partial charge in [0, 0.05) is 30.1 Å². The quantitative estimate of drug-likeness (QED) is 0.475. The number of aliphatic hydroxyl groups excluding tert-OH is 1. The van der Waals surface area contributed by atoms with Crippen molar-refractivity contribution >= 4 is 11.5 Å². The molecule has 3 aliphatic rings. The highest BCUT2D eigenvalue weighted by Crippen LogP contribution is 2.70. The minimum absolute atomic E-state index is 0.140. The number of carbonyl (C=O) groups is 1. The van der Waals surface area contributed by atoms with Crippen molar-refractivity contribution < 1.29 is 29.2 Å². The van der Waals surface area contributed by atoms with Crippen LogP contribution in [0.4, 0.5) is 5.69 Å². The van der Waals surface area contributed by atoms with Gasteiger partial charge in [-0.2, -0.15) is 4.98 Å². The normalized spacial score (nSPS) is 29.1. The van der Waals surface area contributed by atoms with E-state index in [1.54, 1.807) is 6.07 Å². The summed E-state index contributed by atoms with van der Waals surface area (Å²) in [6, 6.07) is 19.2. The van der Waals surface area contributed by atoms with Crippen LogP contribution < -0.4 is 19.1 Å². The summed E-state index contributed by atoms with van der Waals surface area (Å²) in [5.41, 5.74) is -0.466. The Hall–Kier alpha value is -3.66. The smallest absolute Gasteiger partial charge is 0.226 e. The van der Waals surface area contributed by atoms with Gasteiger partial charge in [-0.05, 0) is 37.4 Å². The van der Waals surface area contributed by atoms with Crippen molar-refractivity contribution in [2.75, 3.05) is 52.8 Å². The van der Waals surface area contributed by atoms with E-state index in [-0.39, 0.29) is 17.5 Å². The fourth-order valence-corrected chi connectivity index (χ4v) is 6.77. The van der Waals surface area contributed by atoms with E-state index in [9.17, 15) is 15.0 Å². The summed E-state index contributed by atoms with van der Waals surface area (Å²) in [6.45, 7) is 1.27. The monoisotopic (exact) mass is 531 g/mol. The van der Waals surface area contributed by atoms with Gasteiger partial charge in [-0.3, -0.25) is 4.79 Å². The van der Waals surface area contributed by atoms with E-state index in [0.29, 0.717) is 36.5 Å². The number of hydrogen-bond acceptors (Lipinski definition) is 9. The molecule has 2 aromatic carbocycles. The number of ketones is 1. The number of anilines is 1. The lowest BCUT2D eigenvalue weighted by molar-refractivity contribution is -0.152. The van der Waals surface area contributed by atoms with Crippen LogP contribution in [0, 0.1) is 5.92 Å². The largest absolute Gasteiger partial charge is 0.481 e. The van der Waals surface area contributed by atoms with Crippen molar-refractivity contribution in [3.63, 3.8) is 0 Å². The number of fused-ring (bicyclic) bond motifs is 3. The zero-order chi connectivity index (χ0) is 27.5. The lowest BCUT2D eigenvalue weighted by atomic mass is 9.70. The van der Waals surface area contributed by atoms with Gasteiger partial charge < -0.3 is 34.2 Å². The number of benzene rings is 2. The number of methoxy groups -OCH3 is 2. The molecule has 0 unspecified atom stereocenters. The van der Waals surface area contributed by atoms with Gasteiger partial charge in [0.15, 0.2) is 17.0 Å². The number of hydrogen-bond donors (Lipinski definition) is 2. The molecule has 1 aliphatic carbocycles. The molecular weight excluding hydrogens is 498 g/mol. The summed E-state index contributed by atoms with van der Waals surface area (Å²) >= 11 is 0. The second kappa shape index (κ2) is 9.22. The Morgan fingerprint density at radius 3 is 2.36 bits per heavy atom. The zero-order valence-corrected chi connectivity index (χ0v) is 22.5. The van der Waals surface area contributed by atoms with Gasteiger partial charge in [0.05, 0.1) is 39.0 Å². The lowest BCUT2D eigenvalue weighted by Gasteiger charge is -2.41. The highest BCUT2D eigenvalue weighted by molar-refractivity contribution is 5.95. The summed E-state index contributed by atoms with van der Waals surface area (Å²) in [5, 5.41) is 25.0. The van der Waals surface area contributed by atoms with Gasteiger partial charge >= 0.3 is 0 Å². The molecule has 5 atom stereocenters. The molecule has 6 rings (SSSR count). The summed E-state index contributed by atoms with van der Waals surface area (Å²) < 4.78 is 18.0. The first-order valence-electron chi connectivity index (χ1n) is 13.0. The number of pyridine rings is 1. The SMILES string of the molecule is COc1cc2c(c(OC)n1)[C@]1(O)[C@H](O)[C@H](CN(C)C)[C@@H](c3ccccc3)[C@]1(c1ccc(N3CC(=O)C3)cc1)O2. The highest BCUT2D eigenvalue weighted by atomic mass is 16.5. The molecule has 1 saturated carbocycles. The Labute approximate surface area is 227 Å². The van der Waals surface area contributed by atoms with Gasteiger partial charge in [0.1, 0.15) is 5.75 Å². The van der Waals surface area contributed by atoms with Crippen molar-refractivity contribution in [1.82, 2.24) is 9.88 Å². The van der Waals surface area contributed by atoms with Crippen LogP contribution >= 0.6 is 0 Å². The molecule has 3 aromatic rings. The van der Waals surface area contributed by atoms with Gasteiger partial charge in [-0.15, -0.1) is 0 Å². The minimum Gasteiger partial charge on any atom is -0.481 e. The summed E-state index contributed by atoms with van der Waals surface area (Å²) in [4.78, 5) is 20.0. The van der Waals surface area contributed by atoms with Crippen LogP contribution in [-0.4, -0.2) is 79.9 Å². The Morgan fingerprint density at radius 2 is 1.77 bits per heavy atom. The van der Waals surface area contributed by atoms with Gasteiger partial charge in [-0.25, -0.2) is 0 Å². The fraction of sp³-hybridized carbons (Fsp3) is 0.400. The predicted molar refractivity (Wildman–Crippen MR) is 144 cm³/mol. The molecule has 204 valence electrons. The van der Waals surface area contributed by atoms with Crippen LogP contribution in [0.15, 0.2) is 60.7 Å². The average Bonchev–Trinajstić information content (AvgIpc) is 3.29. The molecule has 0 bridgehead atoms. The predicted octanol–water partition coefficient (Wildman–Crippen LogP) is 2.30. The number of ether oxygens (including phenoxy) is 3. The molecule has 2 N–H and O–H groups in total. The maximum Gasteiger partial charge on any atom is 0.226 e. The summed E-state index contributed by atoms with van der Waals surface area (Å²) in [7, 11) is 6.87. The topological polar surface area (TPSA) is 105 Å². The zero-order valence-electron chi connectivity index (χ0n) is 22.5. The molecule has 0 spiro atoms. The van der Waals surface area contributed by atoms with Crippen molar-refractivity contribution in [1.29, 1.82) is 0 Å². The number of carbonyl (C=O) groups excluding carboxylic acids is 1. The standard InChI is InChI=1S/C30H33N3O6/c1-32(2)17-22-25(18-8-6-5-7-9-18)30(19-10-12-20(13-11-19)33-15-21(34)16-33)29(36,27(22)35)26-23(39-30)14-24(37-3)31-28(26)38-4/h5-14,22,25,27,35-36H,15-17H2,1-4H3/t22-,25-,27-,29+,30+/m1/s1. The van der Waals surface area contributed by atoms with E-state index in [1.807, 2.05) is 78.5 Å². The molecule has 3 heterocycles. The maximum absolute atomic E-state index is 12.9. The number of nitrogens with zero attached hydrogens (tertiary/aromatic N) is 3. The third kappa shape index (κ3) is 3.57. The van der Waals surface area contributed by atoms with E-state index in [1.165, 1.54) is 14.2 Å². The Balaban J connectivity index is 1.61. The van der Waals surface area contributed by atoms with Crippen LogP contribution in [0.5, 0.6) is 17.5 Å². The third-order valence-corrected chi connectivity index (χ3v) is 8.38. The first kappa shape index (κ1) is 25.6. The maximum atomic E-state index is 12.9. The number of Topliss-reactive ketones (excluding diaryl/α,β-unsaturated/α-hetero) is 1. The molecule has 2 fully saturated rings. The molecule has 39 heavy (non-hydrogen) atoms. The van der Waals surface area contributed by atoms with Gasteiger partial charge in [-0.1, -0.05) is 42.5 Å². The van der Waals surface area contributed by atoms with E-state index < -0.39 is 29.1 Å². The molecule has 9 nitrogen and oxygen atoms in total. The second-order valence-corrected chi connectivity index (χ2v) is 10.9. The minimum atomic E-state index is -1.90. The van der Waals surface area contributed by atoms with Gasteiger partial charge in [0.25, 0.3) is 0 Å². The second-order valence-electron chi connectivity index (χ2n) is 10.9. The van der Waals surface area contributed by atoms with E-state index in [2.05, 4.69) is 4.98 Å². The average molecular weight is 532 g/mol. The Bertz CT molecular complexity index is 1390. The third-order valence-electron chi connectivity index (χ3n) is 8.38. The Morgan fingerprint density at radius 1 is 1.08 bits per heavy atom. The molecule has 9 heteroatoms. The molecular formula is C30H33N3O6. The first-order chi connectivity index (χ1) is 18.7. The van der Waals surface area contributed by atoms with Crippen LogP contribution in [0.1, 0.15) is 22.6 Å². The van der Waals surface area contributed by atoms with Crippen LogP contribution in [-0.2, 0) is 16.0 Å². The molecule has 0 radical (unpaired) electrons. The van der Waals surface area contributed by atoms with Crippen LogP contribution in [0.25, 0.3) is 0 Å².